The summed E-state index contributed by atoms with van der Waals surface area (Å²) in [5.74, 6) is 1.88. The highest BCUT2D eigenvalue weighted by Crippen LogP contribution is 2.52. The molecule has 1 aliphatic rings. The van der Waals surface area contributed by atoms with Gasteiger partial charge in [-0.25, -0.2) is 15.0 Å². The summed E-state index contributed by atoms with van der Waals surface area (Å²) >= 11 is 0. The van der Waals surface area contributed by atoms with Crippen molar-refractivity contribution >= 4 is 21.8 Å². The number of rotatable bonds is 7. The molecule has 0 saturated heterocycles. The van der Waals surface area contributed by atoms with E-state index in [9.17, 15) is 0 Å². The number of benzene rings is 9. The number of hydrogen-bond donors (Lipinski definition) is 0. The van der Waals surface area contributed by atoms with Gasteiger partial charge in [-0.15, -0.1) is 0 Å². The molecule has 0 atom stereocenters. The lowest BCUT2D eigenvalue weighted by atomic mass is 9.79. The molecule has 64 heavy (non-hydrogen) atoms. The quantitative estimate of drug-likeness (QED) is 0.161. The summed E-state index contributed by atoms with van der Waals surface area (Å²) in [5.41, 5.74) is 18.5. The Hall–Kier alpha value is -8.21. The van der Waals surface area contributed by atoms with Crippen LogP contribution < -0.4 is 0 Å². The maximum Gasteiger partial charge on any atom is 0.164 e. The van der Waals surface area contributed by atoms with E-state index in [1.54, 1.807) is 0 Å². The molecule has 302 valence electrons. The first kappa shape index (κ1) is 37.5. The number of nitrogens with zero attached hydrogens (tertiary/aromatic N) is 4. The molecule has 12 rings (SSSR count). The van der Waals surface area contributed by atoms with Crippen molar-refractivity contribution in [2.75, 3.05) is 0 Å². The maximum absolute atomic E-state index is 5.23. The van der Waals surface area contributed by atoms with Crippen LogP contribution in [0.25, 0.3) is 106 Å². The van der Waals surface area contributed by atoms with E-state index in [1.165, 1.54) is 49.9 Å². The van der Waals surface area contributed by atoms with Gasteiger partial charge >= 0.3 is 0 Å². The van der Waals surface area contributed by atoms with Crippen LogP contribution in [-0.4, -0.2) is 19.5 Å². The second-order valence-corrected chi connectivity index (χ2v) is 17.2. The number of para-hydroxylation sites is 1. The van der Waals surface area contributed by atoms with Crippen LogP contribution in [0.2, 0.25) is 0 Å². The van der Waals surface area contributed by atoms with E-state index in [1.807, 2.05) is 12.1 Å². The molecule has 2 heterocycles. The third-order valence-electron chi connectivity index (χ3n) is 13.1. The first-order chi connectivity index (χ1) is 31.5. The van der Waals surface area contributed by atoms with Gasteiger partial charge in [0.25, 0.3) is 0 Å². The Morgan fingerprint density at radius 1 is 0.328 bits per heavy atom. The van der Waals surface area contributed by atoms with Gasteiger partial charge < -0.3 is 4.57 Å². The van der Waals surface area contributed by atoms with Crippen LogP contribution in [0.5, 0.6) is 0 Å². The Kier molecular flexibility index (Phi) is 8.80. The molecule has 0 unspecified atom stereocenters. The van der Waals surface area contributed by atoms with E-state index >= 15 is 0 Å². The normalized spacial score (nSPS) is 12.7. The van der Waals surface area contributed by atoms with Crippen LogP contribution in [0.1, 0.15) is 25.0 Å². The Balaban J connectivity index is 1.03. The Bertz CT molecular complexity index is 3430. The predicted octanol–water partition coefficient (Wildman–Crippen LogP) is 15.3. The zero-order valence-corrected chi connectivity index (χ0v) is 35.6. The van der Waals surface area contributed by atoms with Gasteiger partial charge in [0.1, 0.15) is 0 Å². The SMILES string of the molecule is CC1(C)c2ccccc2-c2cccc(-c3ccc4c(c3)c3cc(-c5nc(-c6ccc(-c7ccccc7)cc6)nc(-c6ccc(-c7ccccc7)cc6)n5)ccc3n4-c3ccccc3)c21. The molecular weight excluding hydrogens is 777 g/mol. The topological polar surface area (TPSA) is 43.6 Å². The highest BCUT2D eigenvalue weighted by atomic mass is 15.0. The minimum Gasteiger partial charge on any atom is -0.309 e. The minimum absolute atomic E-state index is 0.138. The van der Waals surface area contributed by atoms with Crippen molar-refractivity contribution in [2.45, 2.75) is 19.3 Å². The lowest BCUT2D eigenvalue weighted by Crippen LogP contribution is -2.16. The van der Waals surface area contributed by atoms with Crippen LogP contribution in [0.15, 0.2) is 218 Å². The van der Waals surface area contributed by atoms with Crippen molar-refractivity contribution in [1.82, 2.24) is 19.5 Å². The first-order valence-electron chi connectivity index (χ1n) is 21.9. The molecule has 0 amide bonds. The summed E-state index contributed by atoms with van der Waals surface area (Å²) in [6.45, 7) is 4.72. The fourth-order valence-corrected chi connectivity index (χ4v) is 9.92. The zero-order valence-electron chi connectivity index (χ0n) is 35.6. The monoisotopic (exact) mass is 818 g/mol. The zero-order chi connectivity index (χ0) is 42.8. The molecule has 0 aliphatic heterocycles. The number of hydrogen-bond acceptors (Lipinski definition) is 3. The van der Waals surface area contributed by atoms with Gasteiger partial charge in [-0.05, 0) is 98.1 Å². The average Bonchev–Trinajstić information content (AvgIpc) is 3.82. The Labute approximate surface area is 372 Å². The molecule has 0 bridgehead atoms. The lowest BCUT2D eigenvalue weighted by molar-refractivity contribution is 0.662. The van der Waals surface area contributed by atoms with Gasteiger partial charge in [-0.3, -0.25) is 0 Å². The van der Waals surface area contributed by atoms with Gasteiger partial charge in [0, 0.05) is 38.6 Å². The highest BCUT2D eigenvalue weighted by Gasteiger charge is 2.37. The first-order valence-corrected chi connectivity index (χ1v) is 21.9. The third kappa shape index (κ3) is 6.26. The molecule has 4 heteroatoms. The van der Waals surface area contributed by atoms with E-state index in [0.29, 0.717) is 17.5 Å². The van der Waals surface area contributed by atoms with Gasteiger partial charge in [0.15, 0.2) is 17.5 Å². The summed E-state index contributed by atoms with van der Waals surface area (Å²) < 4.78 is 2.38. The molecule has 0 fully saturated rings. The smallest absolute Gasteiger partial charge is 0.164 e. The van der Waals surface area contributed by atoms with Crippen LogP contribution in [-0.2, 0) is 5.41 Å². The van der Waals surface area contributed by atoms with E-state index in [4.69, 9.17) is 15.0 Å². The fourth-order valence-electron chi connectivity index (χ4n) is 9.92. The van der Waals surface area contributed by atoms with Crippen molar-refractivity contribution in [3.05, 3.63) is 230 Å². The van der Waals surface area contributed by atoms with Crippen molar-refractivity contribution < 1.29 is 0 Å². The van der Waals surface area contributed by atoms with Crippen LogP contribution in [0, 0.1) is 0 Å². The standard InChI is InChI=1S/C60H42N4/c1-60(2)53-24-13-12-21-49(53)50-23-14-22-48(56(50)60)45-33-35-54-51(37-45)52-38-46(34-36-55(52)64(54)47-19-10-5-11-20-47)59-62-57(43-29-25-41(26-30-43)39-15-6-3-7-16-39)61-58(63-59)44-31-27-42(28-32-44)40-17-8-4-9-18-40/h3-38H,1-2H3. The van der Waals surface area contributed by atoms with Crippen molar-refractivity contribution in [3.63, 3.8) is 0 Å². The summed E-state index contributed by atoms with van der Waals surface area (Å²) in [4.78, 5) is 15.6. The van der Waals surface area contributed by atoms with Crippen LogP contribution >= 0.6 is 0 Å². The molecule has 2 aromatic heterocycles. The fraction of sp³-hybridized carbons (Fsp3) is 0.0500. The molecule has 0 radical (unpaired) electrons. The van der Waals surface area contributed by atoms with Crippen molar-refractivity contribution in [1.29, 1.82) is 0 Å². The molecule has 9 aromatic carbocycles. The average molecular weight is 819 g/mol. The molecule has 0 saturated carbocycles. The van der Waals surface area contributed by atoms with Crippen LogP contribution in [0.3, 0.4) is 0 Å². The summed E-state index contributed by atoms with van der Waals surface area (Å²) in [7, 11) is 0. The Morgan fingerprint density at radius 2 is 0.734 bits per heavy atom. The largest absolute Gasteiger partial charge is 0.309 e. The van der Waals surface area contributed by atoms with E-state index in [2.05, 4.69) is 225 Å². The summed E-state index contributed by atoms with van der Waals surface area (Å²) in [6.07, 6.45) is 0. The van der Waals surface area contributed by atoms with Crippen LogP contribution in [0.4, 0.5) is 0 Å². The second kappa shape index (κ2) is 15.0. The predicted molar refractivity (Wildman–Crippen MR) is 264 cm³/mol. The van der Waals surface area contributed by atoms with Gasteiger partial charge in [0.05, 0.1) is 11.0 Å². The molecule has 11 aromatic rings. The highest BCUT2D eigenvalue weighted by molar-refractivity contribution is 6.12. The summed E-state index contributed by atoms with van der Waals surface area (Å²) in [5, 5.41) is 2.31. The van der Waals surface area contributed by atoms with Crippen molar-refractivity contribution in [2.24, 2.45) is 0 Å². The maximum atomic E-state index is 5.23. The van der Waals surface area contributed by atoms with Gasteiger partial charge in [-0.1, -0.05) is 190 Å². The Morgan fingerprint density at radius 3 is 1.31 bits per heavy atom. The van der Waals surface area contributed by atoms with E-state index in [-0.39, 0.29) is 5.41 Å². The third-order valence-corrected chi connectivity index (χ3v) is 13.1. The number of aromatic nitrogens is 4. The molecule has 0 N–H and O–H groups in total. The van der Waals surface area contributed by atoms with Gasteiger partial charge in [-0.2, -0.15) is 0 Å². The minimum atomic E-state index is -0.138. The van der Waals surface area contributed by atoms with E-state index < -0.39 is 0 Å². The van der Waals surface area contributed by atoms with E-state index in [0.717, 1.165) is 49.9 Å². The second-order valence-electron chi connectivity index (χ2n) is 17.2. The molecular formula is C60H42N4. The van der Waals surface area contributed by atoms with Gasteiger partial charge in [0.2, 0.25) is 0 Å². The lowest BCUT2D eigenvalue weighted by Gasteiger charge is -2.24. The van der Waals surface area contributed by atoms with Crippen molar-refractivity contribution in [3.8, 4) is 84.4 Å². The molecule has 0 spiro atoms. The summed E-state index contributed by atoms with van der Waals surface area (Å²) in [6, 6.07) is 77.9. The number of fused-ring (bicyclic) bond motifs is 6. The molecule has 1 aliphatic carbocycles. The molecule has 4 nitrogen and oxygen atoms in total.